The summed E-state index contributed by atoms with van der Waals surface area (Å²) in [6.07, 6.45) is 1.69. The van der Waals surface area contributed by atoms with Crippen molar-refractivity contribution in [3.8, 4) is 0 Å². The topological polar surface area (TPSA) is 85.8 Å². The fourth-order valence-electron chi connectivity index (χ4n) is 1.95. The maximum absolute atomic E-state index is 11.9. The molecule has 0 aromatic carbocycles. The van der Waals surface area contributed by atoms with E-state index >= 15 is 0 Å². The van der Waals surface area contributed by atoms with Gasteiger partial charge in [-0.25, -0.2) is 9.97 Å². The van der Waals surface area contributed by atoms with Gasteiger partial charge in [0, 0.05) is 12.7 Å². The smallest absolute Gasteiger partial charge is 0.242 e. The number of carbonyl (C=O) groups excluding carboxylic acids is 1. The number of likely N-dealkylation sites (N-methyl/N-ethyl adjacent to an activating group) is 1. The quantitative estimate of drug-likeness (QED) is 0.847. The molecule has 1 unspecified atom stereocenters. The van der Waals surface area contributed by atoms with Crippen LogP contribution in [-0.2, 0) is 4.79 Å². The monoisotopic (exact) mass is 247 g/mol. The normalized spacial score (nSPS) is 12.6. The van der Waals surface area contributed by atoms with Crippen LogP contribution in [0.25, 0.3) is 11.2 Å². The van der Waals surface area contributed by atoms with Gasteiger partial charge in [0.15, 0.2) is 5.65 Å². The average molecular weight is 247 g/mol. The van der Waals surface area contributed by atoms with Crippen LogP contribution >= 0.6 is 0 Å². The number of nitrogens with one attached hydrogen (secondary N) is 1. The van der Waals surface area contributed by atoms with E-state index in [2.05, 4.69) is 15.3 Å². The standard InChI is InChI=1S/C12H17N5O/c1-4-14-11(18)8(3)17-10-9(16-12(17)13)7(2)5-6-15-10/h5-6,8H,4H2,1-3H3,(H2,13,16)(H,14,18). The van der Waals surface area contributed by atoms with Gasteiger partial charge < -0.3 is 11.1 Å². The van der Waals surface area contributed by atoms with Crippen molar-refractivity contribution in [3.63, 3.8) is 0 Å². The molecule has 0 bridgehead atoms. The molecule has 6 heteroatoms. The molecule has 1 amide bonds. The molecule has 0 spiro atoms. The first-order valence-corrected chi connectivity index (χ1v) is 5.93. The molecule has 2 rings (SSSR count). The van der Waals surface area contributed by atoms with Crippen LogP contribution < -0.4 is 11.1 Å². The first-order chi connectivity index (χ1) is 8.56. The zero-order valence-electron chi connectivity index (χ0n) is 10.8. The van der Waals surface area contributed by atoms with Crippen LogP contribution in [0.3, 0.4) is 0 Å². The largest absolute Gasteiger partial charge is 0.369 e. The first kappa shape index (κ1) is 12.3. The fourth-order valence-corrected chi connectivity index (χ4v) is 1.95. The minimum atomic E-state index is -0.427. The van der Waals surface area contributed by atoms with Crippen LogP contribution in [-0.4, -0.2) is 27.0 Å². The van der Waals surface area contributed by atoms with Crippen molar-refractivity contribution in [1.29, 1.82) is 0 Å². The second kappa shape index (κ2) is 4.64. The third kappa shape index (κ3) is 1.90. The van der Waals surface area contributed by atoms with E-state index in [0.29, 0.717) is 18.1 Å². The van der Waals surface area contributed by atoms with Crippen LogP contribution in [0.1, 0.15) is 25.5 Å². The third-order valence-corrected chi connectivity index (χ3v) is 2.93. The van der Waals surface area contributed by atoms with Gasteiger partial charge in [-0.15, -0.1) is 0 Å². The van der Waals surface area contributed by atoms with E-state index in [1.165, 1.54) is 0 Å². The maximum Gasteiger partial charge on any atom is 0.242 e. The minimum absolute atomic E-state index is 0.0909. The van der Waals surface area contributed by atoms with Gasteiger partial charge in [0.25, 0.3) is 0 Å². The molecule has 0 aliphatic heterocycles. The molecule has 0 saturated heterocycles. The number of hydrogen-bond acceptors (Lipinski definition) is 4. The average Bonchev–Trinajstić information content (AvgIpc) is 2.66. The summed E-state index contributed by atoms with van der Waals surface area (Å²) in [6.45, 7) is 6.19. The summed E-state index contributed by atoms with van der Waals surface area (Å²) < 4.78 is 1.66. The van der Waals surface area contributed by atoms with Gasteiger partial charge in [0.2, 0.25) is 11.9 Å². The summed E-state index contributed by atoms with van der Waals surface area (Å²) in [5, 5.41) is 2.77. The summed E-state index contributed by atoms with van der Waals surface area (Å²) in [4.78, 5) is 20.4. The number of hydrogen-bond donors (Lipinski definition) is 2. The fraction of sp³-hybridized carbons (Fsp3) is 0.417. The number of aromatic nitrogens is 3. The van der Waals surface area contributed by atoms with Crippen molar-refractivity contribution in [1.82, 2.24) is 19.9 Å². The number of amides is 1. The predicted molar refractivity (Wildman–Crippen MR) is 70.1 cm³/mol. The molecule has 0 saturated carbocycles. The number of carbonyl (C=O) groups is 1. The van der Waals surface area contributed by atoms with E-state index in [-0.39, 0.29) is 5.91 Å². The number of nitrogens with two attached hydrogens (primary N) is 1. The van der Waals surface area contributed by atoms with E-state index in [9.17, 15) is 4.79 Å². The van der Waals surface area contributed by atoms with Crippen molar-refractivity contribution in [2.24, 2.45) is 0 Å². The number of nitrogen functional groups attached to an aromatic ring is 1. The van der Waals surface area contributed by atoms with E-state index in [1.807, 2.05) is 19.9 Å². The third-order valence-electron chi connectivity index (χ3n) is 2.93. The van der Waals surface area contributed by atoms with Crippen molar-refractivity contribution < 1.29 is 4.79 Å². The zero-order valence-corrected chi connectivity index (χ0v) is 10.8. The number of nitrogens with zero attached hydrogens (tertiary/aromatic N) is 3. The van der Waals surface area contributed by atoms with Gasteiger partial charge in [-0.2, -0.15) is 0 Å². The number of imidazole rings is 1. The molecule has 3 N–H and O–H groups in total. The molecular weight excluding hydrogens is 230 g/mol. The highest BCUT2D eigenvalue weighted by Crippen LogP contribution is 2.23. The van der Waals surface area contributed by atoms with Crippen LogP contribution in [0.15, 0.2) is 12.3 Å². The first-order valence-electron chi connectivity index (χ1n) is 5.93. The SMILES string of the molecule is CCNC(=O)C(C)n1c(N)nc2c(C)ccnc21. The van der Waals surface area contributed by atoms with Gasteiger partial charge in [-0.3, -0.25) is 9.36 Å². The Labute approximate surface area is 105 Å². The molecule has 0 aliphatic carbocycles. The number of fused-ring (bicyclic) bond motifs is 1. The summed E-state index contributed by atoms with van der Waals surface area (Å²) in [6, 6.07) is 1.44. The molecule has 2 aromatic rings. The second-order valence-corrected chi connectivity index (χ2v) is 4.21. The summed E-state index contributed by atoms with van der Waals surface area (Å²) in [5.41, 5.74) is 8.27. The summed E-state index contributed by atoms with van der Waals surface area (Å²) in [7, 11) is 0. The van der Waals surface area contributed by atoms with Gasteiger partial charge in [-0.05, 0) is 32.4 Å². The Morgan fingerprint density at radius 2 is 2.33 bits per heavy atom. The van der Waals surface area contributed by atoms with E-state index in [1.54, 1.807) is 17.7 Å². The summed E-state index contributed by atoms with van der Waals surface area (Å²) in [5.74, 6) is 0.220. The Bertz CT molecular complexity index is 589. The lowest BCUT2D eigenvalue weighted by molar-refractivity contribution is -0.123. The van der Waals surface area contributed by atoms with Crippen LogP contribution in [0.5, 0.6) is 0 Å². The number of pyridine rings is 1. The van der Waals surface area contributed by atoms with Gasteiger partial charge in [-0.1, -0.05) is 0 Å². The molecule has 0 aliphatic rings. The molecule has 6 nitrogen and oxygen atoms in total. The molecule has 2 heterocycles. The van der Waals surface area contributed by atoms with Crippen molar-refractivity contribution in [2.45, 2.75) is 26.8 Å². The molecule has 18 heavy (non-hydrogen) atoms. The van der Waals surface area contributed by atoms with Crippen LogP contribution in [0, 0.1) is 6.92 Å². The highest BCUT2D eigenvalue weighted by molar-refractivity contribution is 5.84. The van der Waals surface area contributed by atoms with E-state index < -0.39 is 6.04 Å². The molecule has 0 fully saturated rings. The molecule has 1 atom stereocenters. The number of aryl methyl sites for hydroxylation is 1. The number of anilines is 1. The van der Waals surface area contributed by atoms with Gasteiger partial charge in [0.1, 0.15) is 11.6 Å². The maximum atomic E-state index is 11.9. The van der Waals surface area contributed by atoms with Crippen molar-refractivity contribution in [2.75, 3.05) is 12.3 Å². The van der Waals surface area contributed by atoms with Crippen molar-refractivity contribution in [3.05, 3.63) is 17.8 Å². The summed E-state index contributed by atoms with van der Waals surface area (Å²) >= 11 is 0. The molecule has 2 aromatic heterocycles. The highest BCUT2D eigenvalue weighted by atomic mass is 16.2. The van der Waals surface area contributed by atoms with Crippen molar-refractivity contribution >= 4 is 23.0 Å². The lowest BCUT2D eigenvalue weighted by atomic mass is 10.2. The minimum Gasteiger partial charge on any atom is -0.369 e. The molecule has 96 valence electrons. The Morgan fingerprint density at radius 1 is 1.61 bits per heavy atom. The molecular formula is C12H17N5O. The Hall–Kier alpha value is -2.11. The Morgan fingerprint density at radius 3 is 3.00 bits per heavy atom. The highest BCUT2D eigenvalue weighted by Gasteiger charge is 2.21. The Kier molecular flexibility index (Phi) is 3.18. The Balaban J connectivity index is 2.54. The van der Waals surface area contributed by atoms with E-state index in [4.69, 9.17) is 5.73 Å². The van der Waals surface area contributed by atoms with Gasteiger partial charge in [0.05, 0.1) is 0 Å². The van der Waals surface area contributed by atoms with E-state index in [0.717, 1.165) is 11.1 Å². The number of rotatable bonds is 3. The lowest BCUT2D eigenvalue weighted by Gasteiger charge is -2.14. The lowest BCUT2D eigenvalue weighted by Crippen LogP contribution is -2.31. The van der Waals surface area contributed by atoms with Crippen LogP contribution in [0.2, 0.25) is 0 Å². The van der Waals surface area contributed by atoms with Gasteiger partial charge >= 0.3 is 0 Å². The second-order valence-electron chi connectivity index (χ2n) is 4.21. The predicted octanol–water partition coefficient (Wildman–Crippen LogP) is 1.02. The van der Waals surface area contributed by atoms with Crippen LogP contribution in [0.4, 0.5) is 5.95 Å². The molecule has 0 radical (unpaired) electrons. The zero-order chi connectivity index (χ0) is 13.3.